The molecule has 0 radical (unpaired) electrons. The van der Waals surface area contributed by atoms with Gasteiger partial charge in [0.25, 0.3) is 0 Å². The lowest BCUT2D eigenvalue weighted by atomic mass is 10.2. The Balaban J connectivity index is 2.09. The molecule has 0 saturated carbocycles. The van der Waals surface area contributed by atoms with Crippen LogP contribution in [0.1, 0.15) is 5.56 Å². The number of anilines is 3. The van der Waals surface area contributed by atoms with Crippen molar-refractivity contribution in [2.75, 3.05) is 10.7 Å². The van der Waals surface area contributed by atoms with Gasteiger partial charge in [-0.05, 0) is 24.6 Å². The van der Waals surface area contributed by atoms with E-state index in [1.165, 1.54) is 12.1 Å². The Morgan fingerprint density at radius 1 is 1.35 bits per heavy atom. The molecular weight excluding hydrogens is 259 g/mol. The van der Waals surface area contributed by atoms with Crippen LogP contribution in [0, 0.1) is 12.7 Å². The fourth-order valence-corrected chi connectivity index (χ4v) is 1.94. The zero-order chi connectivity index (χ0) is 14.1. The predicted molar refractivity (Wildman–Crippen MR) is 75.2 cm³/mol. The number of nitrogen functional groups attached to an aromatic ring is 1. The second-order valence-corrected chi connectivity index (χ2v) is 4.36. The standard InChI is InChI=1S/C13H13FN6/c1-8-2-3-9(14)6-10(8)17-12-13-16-4-5-20(13)7-11(18-12)19-15/h2-7,19H,15H2,1H3,(H,17,18). The van der Waals surface area contributed by atoms with Crippen LogP contribution in [0.15, 0.2) is 36.8 Å². The molecule has 0 saturated heterocycles. The number of nitrogens with one attached hydrogen (secondary N) is 2. The quantitative estimate of drug-likeness (QED) is 0.503. The minimum absolute atomic E-state index is 0.314. The number of hydrogen-bond acceptors (Lipinski definition) is 5. The van der Waals surface area contributed by atoms with Gasteiger partial charge < -0.3 is 15.1 Å². The minimum atomic E-state index is -0.314. The van der Waals surface area contributed by atoms with E-state index < -0.39 is 0 Å². The number of aryl methyl sites for hydroxylation is 1. The number of nitrogens with zero attached hydrogens (tertiary/aromatic N) is 3. The number of hydrazine groups is 1. The van der Waals surface area contributed by atoms with Gasteiger partial charge >= 0.3 is 0 Å². The number of rotatable bonds is 3. The van der Waals surface area contributed by atoms with Crippen LogP contribution in [0.5, 0.6) is 0 Å². The summed E-state index contributed by atoms with van der Waals surface area (Å²) in [6.07, 6.45) is 5.15. The Kier molecular flexibility index (Phi) is 2.96. The fraction of sp³-hybridized carbons (Fsp3) is 0.0769. The van der Waals surface area contributed by atoms with Gasteiger partial charge in [0.2, 0.25) is 0 Å². The normalized spacial score (nSPS) is 10.8. The third-order valence-electron chi connectivity index (χ3n) is 2.97. The van der Waals surface area contributed by atoms with Gasteiger partial charge in [0.15, 0.2) is 17.3 Å². The van der Waals surface area contributed by atoms with Gasteiger partial charge in [-0.2, -0.15) is 0 Å². The zero-order valence-electron chi connectivity index (χ0n) is 10.8. The topological polar surface area (TPSA) is 80.3 Å². The first-order chi connectivity index (χ1) is 9.67. The van der Waals surface area contributed by atoms with Crippen LogP contribution in [0.25, 0.3) is 5.65 Å². The first-order valence-corrected chi connectivity index (χ1v) is 6.01. The molecular formula is C13H13FN6. The highest BCUT2D eigenvalue weighted by atomic mass is 19.1. The molecule has 2 heterocycles. The highest BCUT2D eigenvalue weighted by molar-refractivity contribution is 5.72. The van der Waals surface area contributed by atoms with E-state index in [-0.39, 0.29) is 5.82 Å². The molecule has 102 valence electrons. The second kappa shape index (κ2) is 4.78. The molecule has 0 atom stereocenters. The molecule has 3 aromatic rings. The molecule has 0 bridgehead atoms. The number of halogens is 1. The van der Waals surface area contributed by atoms with Gasteiger partial charge in [-0.25, -0.2) is 20.2 Å². The van der Waals surface area contributed by atoms with Crippen LogP contribution in [-0.2, 0) is 0 Å². The third-order valence-corrected chi connectivity index (χ3v) is 2.97. The maximum Gasteiger partial charge on any atom is 0.180 e. The van der Waals surface area contributed by atoms with Crippen molar-refractivity contribution in [1.82, 2.24) is 14.4 Å². The Bertz CT molecular complexity index is 767. The van der Waals surface area contributed by atoms with E-state index in [1.807, 2.05) is 6.92 Å². The molecule has 2 aromatic heterocycles. The molecule has 6 nitrogen and oxygen atoms in total. The summed E-state index contributed by atoms with van der Waals surface area (Å²) in [6.45, 7) is 1.88. The van der Waals surface area contributed by atoms with Crippen LogP contribution >= 0.6 is 0 Å². The molecule has 1 aromatic carbocycles. The number of benzene rings is 1. The Labute approximate surface area is 114 Å². The van der Waals surface area contributed by atoms with E-state index in [9.17, 15) is 4.39 Å². The summed E-state index contributed by atoms with van der Waals surface area (Å²) in [5.41, 5.74) is 4.66. The summed E-state index contributed by atoms with van der Waals surface area (Å²) in [5.74, 6) is 6.06. The number of hydrogen-bond donors (Lipinski definition) is 3. The lowest BCUT2D eigenvalue weighted by Crippen LogP contribution is -2.11. The molecule has 0 aliphatic heterocycles. The molecule has 0 amide bonds. The van der Waals surface area contributed by atoms with Gasteiger partial charge in [0.05, 0.1) is 6.20 Å². The van der Waals surface area contributed by atoms with E-state index in [4.69, 9.17) is 5.84 Å². The molecule has 0 fully saturated rings. The van der Waals surface area contributed by atoms with Crippen molar-refractivity contribution in [2.45, 2.75) is 6.92 Å². The zero-order valence-corrected chi connectivity index (χ0v) is 10.8. The van der Waals surface area contributed by atoms with Gasteiger partial charge in [-0.3, -0.25) is 0 Å². The molecule has 3 rings (SSSR count). The van der Waals surface area contributed by atoms with Crippen molar-refractivity contribution in [2.24, 2.45) is 5.84 Å². The Hall–Kier alpha value is -2.67. The van der Waals surface area contributed by atoms with Crippen molar-refractivity contribution < 1.29 is 4.39 Å². The van der Waals surface area contributed by atoms with Crippen molar-refractivity contribution in [3.05, 3.63) is 48.2 Å². The predicted octanol–water partition coefficient (Wildman–Crippen LogP) is 2.21. The van der Waals surface area contributed by atoms with Crippen LogP contribution in [-0.4, -0.2) is 14.4 Å². The summed E-state index contributed by atoms with van der Waals surface area (Å²) in [7, 11) is 0. The van der Waals surface area contributed by atoms with Gasteiger partial charge in [0, 0.05) is 18.1 Å². The summed E-state index contributed by atoms with van der Waals surface area (Å²) >= 11 is 0. The van der Waals surface area contributed by atoms with E-state index in [1.54, 1.807) is 29.1 Å². The minimum Gasteiger partial charge on any atom is -0.337 e. The average Bonchev–Trinajstić information content (AvgIpc) is 2.91. The number of fused-ring (bicyclic) bond motifs is 1. The maximum atomic E-state index is 13.3. The van der Waals surface area contributed by atoms with E-state index >= 15 is 0 Å². The smallest absolute Gasteiger partial charge is 0.180 e. The highest BCUT2D eigenvalue weighted by Gasteiger charge is 2.09. The molecule has 7 heteroatoms. The van der Waals surface area contributed by atoms with E-state index in [0.717, 1.165) is 5.56 Å². The first kappa shape index (κ1) is 12.4. The van der Waals surface area contributed by atoms with Gasteiger partial charge in [-0.15, -0.1) is 0 Å². The van der Waals surface area contributed by atoms with Crippen molar-refractivity contribution in [1.29, 1.82) is 0 Å². The largest absolute Gasteiger partial charge is 0.337 e. The monoisotopic (exact) mass is 272 g/mol. The van der Waals surface area contributed by atoms with Crippen molar-refractivity contribution >= 4 is 23.0 Å². The molecule has 0 aliphatic carbocycles. The van der Waals surface area contributed by atoms with E-state index in [2.05, 4.69) is 20.7 Å². The highest BCUT2D eigenvalue weighted by Crippen LogP contribution is 2.24. The first-order valence-electron chi connectivity index (χ1n) is 6.01. The maximum absolute atomic E-state index is 13.3. The summed E-state index contributed by atoms with van der Waals surface area (Å²) in [5, 5.41) is 3.09. The number of aromatic nitrogens is 3. The summed E-state index contributed by atoms with van der Waals surface area (Å²) in [6, 6.07) is 4.53. The molecule has 0 spiro atoms. The third kappa shape index (κ3) is 2.14. The van der Waals surface area contributed by atoms with Crippen LogP contribution in [0.3, 0.4) is 0 Å². The fourth-order valence-electron chi connectivity index (χ4n) is 1.94. The SMILES string of the molecule is Cc1ccc(F)cc1Nc1nc(NN)cn2ccnc12. The lowest BCUT2D eigenvalue weighted by molar-refractivity contribution is 0.628. The van der Waals surface area contributed by atoms with E-state index in [0.29, 0.717) is 23.0 Å². The molecule has 0 unspecified atom stereocenters. The van der Waals surface area contributed by atoms with Crippen molar-refractivity contribution in [3.63, 3.8) is 0 Å². The van der Waals surface area contributed by atoms with Crippen LogP contribution in [0.4, 0.5) is 21.7 Å². The second-order valence-electron chi connectivity index (χ2n) is 4.36. The van der Waals surface area contributed by atoms with Crippen LogP contribution in [0.2, 0.25) is 0 Å². The van der Waals surface area contributed by atoms with Gasteiger partial charge in [-0.1, -0.05) is 6.07 Å². The number of nitrogens with two attached hydrogens (primary N) is 1. The molecule has 4 N–H and O–H groups in total. The Morgan fingerprint density at radius 3 is 3.00 bits per heavy atom. The number of imidazole rings is 1. The van der Waals surface area contributed by atoms with Gasteiger partial charge in [0.1, 0.15) is 5.82 Å². The molecule has 0 aliphatic rings. The summed E-state index contributed by atoms with van der Waals surface area (Å²) in [4.78, 5) is 8.52. The van der Waals surface area contributed by atoms with Crippen molar-refractivity contribution in [3.8, 4) is 0 Å². The molecule has 20 heavy (non-hydrogen) atoms. The van der Waals surface area contributed by atoms with Crippen LogP contribution < -0.4 is 16.6 Å². The summed E-state index contributed by atoms with van der Waals surface area (Å²) < 4.78 is 15.1. The Morgan fingerprint density at radius 2 is 2.20 bits per heavy atom. The average molecular weight is 272 g/mol. The lowest BCUT2D eigenvalue weighted by Gasteiger charge is -2.11.